The first-order valence-corrected chi connectivity index (χ1v) is 8.01. The zero-order chi connectivity index (χ0) is 14.4. The largest absolute Gasteiger partial charge is 0.250 e. The van der Waals surface area contributed by atoms with Crippen molar-refractivity contribution in [3.05, 3.63) is 39.7 Å². The molecule has 6 heteroatoms. The molecule has 0 atom stereocenters. The normalized spacial score (nSPS) is 14.4. The lowest BCUT2D eigenvalue weighted by Gasteiger charge is -2.10. The highest BCUT2D eigenvalue weighted by molar-refractivity contribution is 7.19. The Morgan fingerprint density at radius 3 is 2.81 bits per heavy atom. The summed E-state index contributed by atoms with van der Waals surface area (Å²) in [5.74, 6) is 0.0728. The van der Waals surface area contributed by atoms with Gasteiger partial charge in [-0.3, -0.25) is 0 Å². The lowest BCUT2D eigenvalue weighted by molar-refractivity contribution is 0.621. The smallest absolute Gasteiger partial charge is 0.180 e. The number of halogens is 2. The van der Waals surface area contributed by atoms with E-state index in [0.29, 0.717) is 16.7 Å². The number of nitrogens with zero attached hydrogens (tertiary/aromatic N) is 3. The maximum atomic E-state index is 13.0. The van der Waals surface area contributed by atoms with Gasteiger partial charge in [0.2, 0.25) is 0 Å². The van der Waals surface area contributed by atoms with E-state index < -0.39 is 0 Å². The Labute approximate surface area is 129 Å². The second-order valence-electron chi connectivity index (χ2n) is 5.09. The molecule has 0 radical (unpaired) electrons. The molecule has 0 aliphatic heterocycles. The van der Waals surface area contributed by atoms with Crippen molar-refractivity contribution in [3.63, 3.8) is 0 Å². The van der Waals surface area contributed by atoms with Gasteiger partial charge in [-0.25, -0.2) is 19.3 Å². The molecule has 0 unspecified atom stereocenters. The fraction of sp³-hybridized carbons (Fsp3) is 0.267. The van der Waals surface area contributed by atoms with Gasteiger partial charge in [-0.05, 0) is 43.4 Å². The Morgan fingerprint density at radius 2 is 2.00 bits per heavy atom. The molecule has 0 N–H and O–H groups in total. The van der Waals surface area contributed by atoms with Gasteiger partial charge in [0.05, 0.1) is 11.6 Å². The molecule has 0 aromatic carbocycles. The van der Waals surface area contributed by atoms with Gasteiger partial charge in [0.15, 0.2) is 5.82 Å². The van der Waals surface area contributed by atoms with Crippen LogP contribution in [-0.2, 0) is 12.8 Å². The quantitative estimate of drug-likeness (QED) is 0.623. The third-order valence-electron chi connectivity index (χ3n) is 3.73. The van der Waals surface area contributed by atoms with Crippen LogP contribution in [0.25, 0.3) is 21.7 Å². The summed E-state index contributed by atoms with van der Waals surface area (Å²) in [5, 5.41) is 1.46. The number of aryl methyl sites for hydroxylation is 2. The molecule has 0 saturated carbocycles. The first-order chi connectivity index (χ1) is 10.2. The van der Waals surface area contributed by atoms with E-state index in [2.05, 4.69) is 15.0 Å². The highest BCUT2D eigenvalue weighted by Gasteiger charge is 2.20. The van der Waals surface area contributed by atoms with Crippen molar-refractivity contribution in [1.82, 2.24) is 15.0 Å². The van der Waals surface area contributed by atoms with Crippen molar-refractivity contribution in [3.8, 4) is 11.5 Å². The molecule has 3 aromatic rings. The van der Waals surface area contributed by atoms with Crippen LogP contribution < -0.4 is 0 Å². The van der Waals surface area contributed by atoms with Crippen LogP contribution in [0.5, 0.6) is 0 Å². The number of fused-ring (bicyclic) bond motifs is 3. The van der Waals surface area contributed by atoms with Crippen molar-refractivity contribution >= 4 is 33.2 Å². The first-order valence-electron chi connectivity index (χ1n) is 6.82. The summed E-state index contributed by atoms with van der Waals surface area (Å²) in [7, 11) is 0. The average molecular weight is 320 g/mol. The fourth-order valence-electron chi connectivity index (χ4n) is 2.74. The van der Waals surface area contributed by atoms with Crippen molar-refractivity contribution < 1.29 is 4.39 Å². The number of hydrogen-bond donors (Lipinski definition) is 0. The minimum Gasteiger partial charge on any atom is -0.250 e. The van der Waals surface area contributed by atoms with Gasteiger partial charge in [-0.2, -0.15) is 0 Å². The van der Waals surface area contributed by atoms with Crippen LogP contribution in [0.1, 0.15) is 23.3 Å². The Kier molecular flexibility index (Phi) is 3.12. The SMILES string of the molecule is Fc1ccc(-c2nc(Cl)c3c4c(sc3n2)CCCC4)nc1. The topological polar surface area (TPSA) is 38.7 Å². The number of aromatic nitrogens is 3. The first kappa shape index (κ1) is 13.1. The van der Waals surface area contributed by atoms with Crippen molar-refractivity contribution in [2.45, 2.75) is 25.7 Å². The summed E-state index contributed by atoms with van der Waals surface area (Å²) in [4.78, 5) is 15.2. The molecule has 21 heavy (non-hydrogen) atoms. The molecular formula is C15H11ClFN3S. The van der Waals surface area contributed by atoms with E-state index in [1.54, 1.807) is 17.4 Å². The standard InChI is InChI=1S/C15H11ClFN3S/c16-13-12-9-3-1-2-4-11(9)21-15(12)20-14(19-13)10-6-5-8(17)7-18-10/h5-7H,1-4H2. The lowest BCUT2D eigenvalue weighted by atomic mass is 9.97. The summed E-state index contributed by atoms with van der Waals surface area (Å²) in [6.07, 6.45) is 5.72. The van der Waals surface area contributed by atoms with E-state index in [-0.39, 0.29) is 5.82 Å². The molecule has 1 aliphatic carbocycles. The van der Waals surface area contributed by atoms with Crippen LogP contribution in [0, 0.1) is 5.82 Å². The molecule has 1 aliphatic rings. The third-order valence-corrected chi connectivity index (χ3v) is 5.19. The molecule has 0 saturated heterocycles. The van der Waals surface area contributed by atoms with Gasteiger partial charge >= 0.3 is 0 Å². The number of rotatable bonds is 1. The predicted octanol–water partition coefficient (Wildman–Crippen LogP) is 4.42. The van der Waals surface area contributed by atoms with Crippen LogP contribution in [-0.4, -0.2) is 15.0 Å². The minimum absolute atomic E-state index is 0.377. The monoisotopic (exact) mass is 319 g/mol. The summed E-state index contributed by atoms with van der Waals surface area (Å²) in [6.45, 7) is 0. The Hall–Kier alpha value is -1.59. The highest BCUT2D eigenvalue weighted by atomic mass is 35.5. The van der Waals surface area contributed by atoms with Gasteiger partial charge in [0.25, 0.3) is 0 Å². The summed E-state index contributed by atoms with van der Waals surface area (Å²) in [6, 6.07) is 2.92. The molecule has 3 heterocycles. The molecule has 0 spiro atoms. The summed E-state index contributed by atoms with van der Waals surface area (Å²) < 4.78 is 13.0. The lowest BCUT2D eigenvalue weighted by Crippen LogP contribution is -1.99. The minimum atomic E-state index is -0.377. The fourth-order valence-corrected chi connectivity index (χ4v) is 4.34. The third kappa shape index (κ3) is 2.21. The maximum Gasteiger partial charge on any atom is 0.180 e. The number of thiophene rings is 1. The second kappa shape index (κ2) is 5.00. The number of hydrogen-bond acceptors (Lipinski definition) is 4. The van der Waals surface area contributed by atoms with Crippen molar-refractivity contribution in [2.24, 2.45) is 0 Å². The average Bonchev–Trinajstić information content (AvgIpc) is 2.86. The molecule has 3 aromatic heterocycles. The van der Waals surface area contributed by atoms with Crippen LogP contribution >= 0.6 is 22.9 Å². The molecule has 106 valence electrons. The van der Waals surface area contributed by atoms with Crippen LogP contribution in [0.4, 0.5) is 4.39 Å². The van der Waals surface area contributed by atoms with Crippen LogP contribution in [0.2, 0.25) is 5.15 Å². The van der Waals surface area contributed by atoms with Gasteiger partial charge in [-0.15, -0.1) is 11.3 Å². The predicted molar refractivity (Wildman–Crippen MR) is 82.3 cm³/mol. The van der Waals surface area contributed by atoms with Crippen molar-refractivity contribution in [2.75, 3.05) is 0 Å². The van der Waals surface area contributed by atoms with Gasteiger partial charge in [-0.1, -0.05) is 11.6 Å². The van der Waals surface area contributed by atoms with E-state index in [0.717, 1.165) is 29.3 Å². The summed E-state index contributed by atoms with van der Waals surface area (Å²) >= 11 is 8.06. The van der Waals surface area contributed by atoms with E-state index in [1.165, 1.54) is 29.3 Å². The van der Waals surface area contributed by atoms with Crippen LogP contribution in [0.15, 0.2) is 18.3 Å². The highest BCUT2D eigenvalue weighted by Crippen LogP contribution is 2.39. The van der Waals surface area contributed by atoms with Gasteiger partial charge in [0, 0.05) is 4.88 Å². The molecule has 3 nitrogen and oxygen atoms in total. The summed E-state index contributed by atoms with van der Waals surface area (Å²) in [5.41, 5.74) is 1.84. The van der Waals surface area contributed by atoms with E-state index in [1.807, 2.05) is 0 Å². The van der Waals surface area contributed by atoms with E-state index >= 15 is 0 Å². The Balaban J connectivity index is 1.91. The Morgan fingerprint density at radius 1 is 1.14 bits per heavy atom. The molecular weight excluding hydrogens is 309 g/mol. The molecule has 0 bridgehead atoms. The maximum absolute atomic E-state index is 13.0. The second-order valence-corrected chi connectivity index (χ2v) is 6.53. The van der Waals surface area contributed by atoms with E-state index in [9.17, 15) is 4.39 Å². The van der Waals surface area contributed by atoms with Crippen molar-refractivity contribution in [1.29, 1.82) is 0 Å². The Bertz CT molecular complexity index is 829. The number of pyridine rings is 1. The van der Waals surface area contributed by atoms with E-state index in [4.69, 9.17) is 11.6 Å². The van der Waals surface area contributed by atoms with Gasteiger partial charge in [0.1, 0.15) is 21.5 Å². The van der Waals surface area contributed by atoms with Gasteiger partial charge < -0.3 is 0 Å². The zero-order valence-corrected chi connectivity index (χ0v) is 12.6. The zero-order valence-electron chi connectivity index (χ0n) is 11.1. The molecule has 0 amide bonds. The molecule has 4 rings (SSSR count). The molecule has 0 fully saturated rings. The van der Waals surface area contributed by atoms with Crippen LogP contribution in [0.3, 0.4) is 0 Å².